The van der Waals surface area contributed by atoms with Gasteiger partial charge in [0.05, 0.1) is 28.7 Å². The first kappa shape index (κ1) is 20.6. The Kier molecular flexibility index (Phi) is 5.99. The van der Waals surface area contributed by atoms with Gasteiger partial charge in [0.1, 0.15) is 5.75 Å². The molecule has 0 aromatic heterocycles. The first-order valence-electron chi connectivity index (χ1n) is 7.73. The molecule has 0 aliphatic heterocycles. The molecule has 0 amide bonds. The number of hydrogen-bond donors (Lipinski definition) is 1. The minimum atomic E-state index is -4.67. The lowest BCUT2D eigenvalue weighted by molar-refractivity contribution is -0.255. The van der Waals surface area contributed by atoms with Crippen LogP contribution < -0.4 is 14.6 Å². The Morgan fingerprint density at radius 1 is 1.15 bits per heavy atom. The molecule has 0 atom stereocenters. The second-order valence-electron chi connectivity index (χ2n) is 5.47. The molecule has 0 heterocycles. The van der Waals surface area contributed by atoms with Crippen molar-refractivity contribution in [3.63, 3.8) is 0 Å². The van der Waals surface area contributed by atoms with E-state index in [-0.39, 0.29) is 28.5 Å². The minimum absolute atomic E-state index is 0.0558. The smallest absolute Gasteiger partial charge is 0.416 e. The molecular weight excluding hydrogens is 387 g/mol. The van der Waals surface area contributed by atoms with Crippen molar-refractivity contribution in [2.45, 2.75) is 24.4 Å². The molecule has 6 nitrogen and oxygen atoms in total. The maximum atomic E-state index is 12.9. The first-order chi connectivity index (χ1) is 12.5. The molecular formula is C17H15F3NO5S-. The molecule has 2 rings (SSSR count). The highest BCUT2D eigenvalue weighted by Gasteiger charge is 2.32. The Morgan fingerprint density at radius 2 is 1.78 bits per heavy atom. The van der Waals surface area contributed by atoms with E-state index < -0.39 is 27.7 Å². The molecule has 0 unspecified atom stereocenters. The number of aromatic carboxylic acids is 1. The lowest BCUT2D eigenvalue weighted by atomic mass is 10.2. The van der Waals surface area contributed by atoms with E-state index in [4.69, 9.17) is 4.74 Å². The van der Waals surface area contributed by atoms with Gasteiger partial charge in [-0.05, 0) is 42.3 Å². The van der Waals surface area contributed by atoms with E-state index in [1.165, 1.54) is 0 Å². The number of anilines is 1. The second-order valence-corrected chi connectivity index (χ2v) is 7.16. The fraction of sp³-hybridized carbons (Fsp3) is 0.235. The predicted molar refractivity (Wildman–Crippen MR) is 88.8 cm³/mol. The van der Waals surface area contributed by atoms with Gasteiger partial charge in [-0.25, -0.2) is 8.42 Å². The SMILES string of the molecule is CCCOc1ccc(C(F)(F)F)cc1NS(=O)(=O)c1ccc(C(=O)[O-])cc1. The van der Waals surface area contributed by atoms with E-state index in [0.29, 0.717) is 12.5 Å². The number of carboxylic acid groups (broad SMARTS) is 1. The zero-order chi connectivity index (χ0) is 20.2. The standard InChI is InChI=1S/C17H16F3NO5S/c1-2-9-26-15-8-5-12(17(18,19)20)10-14(15)21-27(24,25)13-6-3-11(4-7-13)16(22)23/h3-8,10,21H,2,9H2,1H3,(H,22,23)/p-1. The lowest BCUT2D eigenvalue weighted by Gasteiger charge is -2.16. The molecule has 2 aromatic rings. The zero-order valence-electron chi connectivity index (χ0n) is 14.0. The van der Waals surface area contributed by atoms with E-state index in [1.807, 2.05) is 0 Å². The third-order valence-corrected chi connectivity index (χ3v) is 4.79. The fourth-order valence-electron chi connectivity index (χ4n) is 2.10. The predicted octanol–water partition coefficient (Wildman–Crippen LogP) is 2.66. The van der Waals surface area contributed by atoms with Gasteiger partial charge >= 0.3 is 6.18 Å². The summed E-state index contributed by atoms with van der Waals surface area (Å²) in [6.07, 6.45) is -4.10. The Bertz CT molecular complexity index is 925. The van der Waals surface area contributed by atoms with Gasteiger partial charge in [-0.2, -0.15) is 13.2 Å². The van der Waals surface area contributed by atoms with Crippen LogP contribution in [0.15, 0.2) is 47.4 Å². The number of sulfonamides is 1. The number of alkyl halides is 3. The average molecular weight is 402 g/mol. The van der Waals surface area contributed by atoms with Gasteiger partial charge in [-0.15, -0.1) is 0 Å². The minimum Gasteiger partial charge on any atom is -0.545 e. The molecule has 2 aromatic carbocycles. The highest BCUT2D eigenvalue weighted by molar-refractivity contribution is 7.92. The molecule has 0 saturated carbocycles. The number of benzene rings is 2. The molecule has 0 spiro atoms. The van der Waals surface area contributed by atoms with Crippen molar-refractivity contribution in [3.8, 4) is 5.75 Å². The van der Waals surface area contributed by atoms with Gasteiger partial charge in [0.25, 0.3) is 10.0 Å². The summed E-state index contributed by atoms with van der Waals surface area (Å²) in [5, 5.41) is 10.7. The maximum Gasteiger partial charge on any atom is 0.416 e. The van der Waals surface area contributed by atoms with Crippen LogP contribution >= 0.6 is 0 Å². The highest BCUT2D eigenvalue weighted by Crippen LogP contribution is 2.36. The van der Waals surface area contributed by atoms with Crippen molar-refractivity contribution in [2.24, 2.45) is 0 Å². The van der Waals surface area contributed by atoms with Crippen LogP contribution in [0, 0.1) is 0 Å². The first-order valence-corrected chi connectivity index (χ1v) is 9.21. The zero-order valence-corrected chi connectivity index (χ0v) is 14.9. The van der Waals surface area contributed by atoms with Crippen molar-refractivity contribution in [1.82, 2.24) is 0 Å². The van der Waals surface area contributed by atoms with Crippen molar-refractivity contribution < 1.29 is 36.2 Å². The molecule has 27 heavy (non-hydrogen) atoms. The van der Waals surface area contributed by atoms with Crippen LogP contribution in [0.2, 0.25) is 0 Å². The third kappa shape index (κ3) is 5.13. The van der Waals surface area contributed by atoms with E-state index in [0.717, 1.165) is 36.4 Å². The summed E-state index contributed by atoms with van der Waals surface area (Å²) in [7, 11) is -4.28. The summed E-state index contributed by atoms with van der Waals surface area (Å²) in [5.41, 5.74) is -1.65. The Labute approximate surface area is 153 Å². The van der Waals surface area contributed by atoms with Crippen LogP contribution in [0.4, 0.5) is 18.9 Å². The molecule has 0 saturated heterocycles. The number of carbonyl (C=O) groups is 1. The molecule has 0 fully saturated rings. The number of ether oxygens (including phenoxy) is 1. The van der Waals surface area contributed by atoms with E-state index in [1.54, 1.807) is 6.92 Å². The largest absolute Gasteiger partial charge is 0.545 e. The molecule has 0 aliphatic rings. The number of carboxylic acids is 1. The van der Waals surface area contributed by atoms with E-state index in [9.17, 15) is 31.5 Å². The van der Waals surface area contributed by atoms with Gasteiger partial charge in [-0.3, -0.25) is 4.72 Å². The molecule has 0 radical (unpaired) electrons. The quantitative estimate of drug-likeness (QED) is 0.768. The van der Waals surface area contributed by atoms with Gasteiger partial charge < -0.3 is 14.6 Å². The molecule has 10 heteroatoms. The molecule has 0 bridgehead atoms. The number of carbonyl (C=O) groups excluding carboxylic acids is 1. The Morgan fingerprint density at radius 3 is 2.30 bits per heavy atom. The van der Waals surface area contributed by atoms with Crippen LogP contribution in [0.1, 0.15) is 29.3 Å². The summed E-state index contributed by atoms with van der Waals surface area (Å²) < 4.78 is 71.1. The fourth-order valence-corrected chi connectivity index (χ4v) is 3.16. The van der Waals surface area contributed by atoms with Gasteiger partial charge in [0.15, 0.2) is 0 Å². The van der Waals surface area contributed by atoms with Crippen molar-refractivity contribution in [3.05, 3.63) is 53.6 Å². The van der Waals surface area contributed by atoms with Gasteiger partial charge in [-0.1, -0.05) is 19.1 Å². The summed E-state index contributed by atoms with van der Waals surface area (Å²) in [5.74, 6) is -1.54. The normalized spacial score (nSPS) is 11.9. The van der Waals surface area contributed by atoms with Crippen LogP contribution in [0.3, 0.4) is 0 Å². The van der Waals surface area contributed by atoms with Crippen molar-refractivity contribution >= 4 is 21.7 Å². The van der Waals surface area contributed by atoms with Crippen LogP contribution in [0.5, 0.6) is 5.75 Å². The summed E-state index contributed by atoms with van der Waals surface area (Å²) in [4.78, 5) is 10.4. The number of nitrogens with one attached hydrogen (secondary N) is 1. The maximum absolute atomic E-state index is 12.9. The number of hydrogen-bond acceptors (Lipinski definition) is 5. The van der Waals surface area contributed by atoms with Crippen LogP contribution in [-0.2, 0) is 16.2 Å². The van der Waals surface area contributed by atoms with E-state index >= 15 is 0 Å². The molecule has 0 aliphatic carbocycles. The van der Waals surface area contributed by atoms with Crippen molar-refractivity contribution in [2.75, 3.05) is 11.3 Å². The molecule has 1 N–H and O–H groups in total. The van der Waals surface area contributed by atoms with E-state index in [2.05, 4.69) is 4.72 Å². The highest BCUT2D eigenvalue weighted by atomic mass is 32.2. The Hall–Kier alpha value is -2.75. The summed E-state index contributed by atoms with van der Waals surface area (Å²) >= 11 is 0. The Balaban J connectivity index is 2.41. The van der Waals surface area contributed by atoms with Crippen LogP contribution in [0.25, 0.3) is 0 Å². The third-order valence-electron chi connectivity index (χ3n) is 3.41. The molecule has 146 valence electrons. The number of rotatable bonds is 7. The van der Waals surface area contributed by atoms with Crippen LogP contribution in [-0.4, -0.2) is 21.0 Å². The van der Waals surface area contributed by atoms with Crippen molar-refractivity contribution in [1.29, 1.82) is 0 Å². The van der Waals surface area contributed by atoms with Gasteiger partial charge in [0, 0.05) is 0 Å². The number of halogens is 3. The van der Waals surface area contributed by atoms with Gasteiger partial charge in [0.2, 0.25) is 0 Å². The topological polar surface area (TPSA) is 95.5 Å². The second kappa shape index (κ2) is 7.87. The monoisotopic (exact) mass is 402 g/mol. The lowest BCUT2D eigenvalue weighted by Crippen LogP contribution is -2.22. The average Bonchev–Trinajstić information content (AvgIpc) is 2.59. The summed E-state index contributed by atoms with van der Waals surface area (Å²) in [6, 6.07) is 6.52. The summed E-state index contributed by atoms with van der Waals surface area (Å²) in [6.45, 7) is 1.97.